The minimum absolute atomic E-state index is 0.0132. The predicted octanol–water partition coefficient (Wildman–Crippen LogP) is 5.86. The molecule has 9 atom stereocenters. The third kappa shape index (κ3) is 4.44. The maximum atomic E-state index is 12.0. The molecule has 0 aromatic rings. The zero-order valence-electron chi connectivity index (χ0n) is 19.7. The molecule has 180 valence electrons. The first-order valence-electron chi connectivity index (χ1n) is 12.5. The molecular formula is C26H39BrO5. The topological polar surface area (TPSA) is 65.0 Å². The number of allylic oxidation sites excluding steroid dienone is 1. The van der Waals surface area contributed by atoms with Crippen LogP contribution in [0.15, 0.2) is 24.0 Å². The van der Waals surface area contributed by atoms with E-state index in [1.807, 2.05) is 6.92 Å². The molecule has 4 rings (SSSR count). The van der Waals surface area contributed by atoms with Crippen molar-refractivity contribution >= 4 is 21.9 Å². The van der Waals surface area contributed by atoms with Gasteiger partial charge >= 0.3 is 5.97 Å². The highest BCUT2D eigenvalue weighted by Gasteiger charge is 2.59. The van der Waals surface area contributed by atoms with E-state index in [0.717, 1.165) is 51.4 Å². The lowest BCUT2D eigenvalue weighted by atomic mass is 9.50. The summed E-state index contributed by atoms with van der Waals surface area (Å²) < 4.78 is 5.85. The largest absolute Gasteiger partial charge is 0.461 e. The Kier molecular flexibility index (Phi) is 7.43. The Labute approximate surface area is 201 Å². The van der Waals surface area contributed by atoms with Gasteiger partial charge in [0.2, 0.25) is 0 Å². The van der Waals surface area contributed by atoms with Crippen molar-refractivity contribution in [1.29, 1.82) is 0 Å². The van der Waals surface area contributed by atoms with E-state index >= 15 is 0 Å². The van der Waals surface area contributed by atoms with E-state index < -0.39 is 6.10 Å². The third-order valence-corrected chi connectivity index (χ3v) is 9.63. The van der Waals surface area contributed by atoms with Gasteiger partial charge < -0.3 is 14.7 Å². The van der Waals surface area contributed by atoms with Crippen molar-refractivity contribution in [2.24, 2.45) is 29.1 Å². The Bertz CT molecular complexity index is 750. The molecule has 0 spiro atoms. The normalized spacial score (nSPS) is 42.8. The Morgan fingerprint density at radius 1 is 1.28 bits per heavy atom. The molecule has 0 amide bonds. The number of alkyl halides is 1. The van der Waals surface area contributed by atoms with Crippen molar-refractivity contribution in [3.63, 3.8) is 0 Å². The average Bonchev–Trinajstić information content (AvgIpc) is 3.08. The number of ether oxygens (including phenoxy) is 1. The van der Waals surface area contributed by atoms with E-state index in [2.05, 4.69) is 42.4 Å². The quantitative estimate of drug-likeness (QED) is 0.116. The van der Waals surface area contributed by atoms with Crippen LogP contribution in [-0.2, 0) is 19.3 Å². The number of carbonyl (C=O) groups excluding carboxylic acids is 1. The smallest absolute Gasteiger partial charge is 0.305 e. The molecule has 32 heavy (non-hydrogen) atoms. The van der Waals surface area contributed by atoms with Crippen molar-refractivity contribution in [3.8, 4) is 0 Å². The van der Waals surface area contributed by atoms with Crippen LogP contribution in [-0.4, -0.2) is 34.2 Å². The highest BCUT2D eigenvalue weighted by Crippen LogP contribution is 2.62. The zero-order valence-corrected chi connectivity index (χ0v) is 21.3. The molecule has 6 heteroatoms. The fourth-order valence-corrected chi connectivity index (χ4v) is 8.07. The molecule has 0 aromatic heterocycles. The highest BCUT2D eigenvalue weighted by molar-refractivity contribution is 9.09. The average molecular weight is 511 g/mol. The van der Waals surface area contributed by atoms with Gasteiger partial charge in [0.1, 0.15) is 18.0 Å². The van der Waals surface area contributed by atoms with Gasteiger partial charge in [0.15, 0.2) is 0 Å². The van der Waals surface area contributed by atoms with Crippen LogP contribution in [0.5, 0.6) is 0 Å². The van der Waals surface area contributed by atoms with Gasteiger partial charge in [-0.3, -0.25) is 4.79 Å². The molecular weight excluding hydrogens is 472 g/mol. The van der Waals surface area contributed by atoms with Crippen molar-refractivity contribution in [1.82, 2.24) is 0 Å². The number of esters is 1. The van der Waals surface area contributed by atoms with Gasteiger partial charge in [-0.1, -0.05) is 54.9 Å². The van der Waals surface area contributed by atoms with Crippen LogP contribution in [0.4, 0.5) is 0 Å². The van der Waals surface area contributed by atoms with Crippen molar-refractivity contribution in [2.45, 2.75) is 102 Å². The molecule has 5 nitrogen and oxygen atoms in total. The summed E-state index contributed by atoms with van der Waals surface area (Å²) in [6.45, 7) is 10.3. The third-order valence-electron chi connectivity index (χ3n) is 8.73. The molecule has 0 aliphatic heterocycles. The number of rotatable bonds is 7. The Balaban J connectivity index is 1.48. The first-order valence-corrected chi connectivity index (χ1v) is 13.4. The number of carbonyl (C=O) groups is 1. The molecule has 0 bridgehead atoms. The highest BCUT2D eigenvalue weighted by atomic mass is 79.9. The lowest BCUT2D eigenvalue weighted by Gasteiger charge is -2.56. The zero-order chi connectivity index (χ0) is 23.0. The molecule has 3 saturated carbocycles. The van der Waals surface area contributed by atoms with Crippen LogP contribution < -0.4 is 0 Å². The van der Waals surface area contributed by atoms with Crippen LogP contribution in [0.3, 0.4) is 0 Å². The molecule has 3 unspecified atom stereocenters. The van der Waals surface area contributed by atoms with Gasteiger partial charge in [0.25, 0.3) is 0 Å². The first-order chi connectivity index (χ1) is 15.3. The van der Waals surface area contributed by atoms with Crippen LogP contribution in [0, 0.1) is 29.1 Å². The fourth-order valence-electron chi connectivity index (χ4n) is 7.14. The SMILES string of the molecule is C=C(CCC)OO[C@H]1CC[C@@]2(C)C(=C[C@H](O)C3C4C[C@@H](Br)[C@H](OC(=O)CC)[C@H]4CCC32)C1. The number of aliphatic hydroxyl groups excluding tert-OH is 1. The number of fused-ring (bicyclic) bond motifs is 5. The minimum Gasteiger partial charge on any atom is -0.461 e. The summed E-state index contributed by atoms with van der Waals surface area (Å²) in [6.07, 6.45) is 9.72. The molecule has 0 heterocycles. The number of hydrogen-bond acceptors (Lipinski definition) is 5. The van der Waals surface area contributed by atoms with E-state index in [-0.39, 0.29) is 34.3 Å². The lowest BCUT2D eigenvalue weighted by Crippen LogP contribution is -2.52. The summed E-state index contributed by atoms with van der Waals surface area (Å²) in [4.78, 5) is 23.4. The number of hydrogen-bond donors (Lipinski definition) is 1. The summed E-state index contributed by atoms with van der Waals surface area (Å²) in [5, 5.41) is 11.3. The van der Waals surface area contributed by atoms with Crippen molar-refractivity contribution < 1.29 is 24.4 Å². The van der Waals surface area contributed by atoms with Crippen LogP contribution >= 0.6 is 15.9 Å². The van der Waals surface area contributed by atoms with Gasteiger partial charge in [-0.05, 0) is 68.1 Å². The molecule has 0 radical (unpaired) electrons. The second kappa shape index (κ2) is 9.79. The molecule has 0 saturated heterocycles. The Morgan fingerprint density at radius 2 is 2.06 bits per heavy atom. The second-order valence-corrected chi connectivity index (χ2v) is 11.8. The van der Waals surface area contributed by atoms with E-state index in [9.17, 15) is 9.90 Å². The summed E-state index contributed by atoms with van der Waals surface area (Å²) in [6, 6.07) is 0. The van der Waals surface area contributed by atoms with Gasteiger partial charge in [0.05, 0.1) is 10.9 Å². The van der Waals surface area contributed by atoms with Gasteiger partial charge in [-0.2, -0.15) is 4.89 Å². The fraction of sp³-hybridized carbons (Fsp3) is 0.808. The number of halogens is 1. The first kappa shape index (κ1) is 24.3. The summed E-state index contributed by atoms with van der Waals surface area (Å²) in [5.41, 5.74) is 1.42. The number of aliphatic hydroxyl groups is 1. The van der Waals surface area contributed by atoms with E-state index in [0.29, 0.717) is 29.9 Å². The summed E-state index contributed by atoms with van der Waals surface area (Å²) in [5.74, 6) is 1.96. The summed E-state index contributed by atoms with van der Waals surface area (Å²) >= 11 is 3.81. The molecule has 0 aromatic carbocycles. The van der Waals surface area contributed by atoms with E-state index in [1.54, 1.807) is 0 Å². The lowest BCUT2D eigenvalue weighted by molar-refractivity contribution is -0.301. The maximum Gasteiger partial charge on any atom is 0.305 e. The monoisotopic (exact) mass is 510 g/mol. The Hall–Kier alpha value is -0.850. The van der Waals surface area contributed by atoms with Gasteiger partial charge in [0, 0.05) is 18.8 Å². The van der Waals surface area contributed by atoms with E-state index in [1.165, 1.54) is 5.57 Å². The molecule has 4 aliphatic rings. The maximum absolute atomic E-state index is 12.0. The van der Waals surface area contributed by atoms with Crippen LogP contribution in [0.2, 0.25) is 0 Å². The van der Waals surface area contributed by atoms with Crippen LogP contribution in [0.1, 0.15) is 78.6 Å². The molecule has 3 fully saturated rings. The van der Waals surface area contributed by atoms with Crippen molar-refractivity contribution in [2.75, 3.05) is 0 Å². The van der Waals surface area contributed by atoms with Gasteiger partial charge in [-0.15, -0.1) is 0 Å². The molecule has 1 N–H and O–H groups in total. The molecule has 4 aliphatic carbocycles. The van der Waals surface area contributed by atoms with Gasteiger partial charge in [-0.25, -0.2) is 0 Å². The van der Waals surface area contributed by atoms with E-state index in [4.69, 9.17) is 14.5 Å². The predicted molar refractivity (Wildman–Crippen MR) is 127 cm³/mol. The second-order valence-electron chi connectivity index (χ2n) is 10.6. The van der Waals surface area contributed by atoms with Crippen LogP contribution in [0.25, 0.3) is 0 Å². The van der Waals surface area contributed by atoms with Crippen molar-refractivity contribution in [3.05, 3.63) is 24.0 Å². The standard InChI is InChI=1S/C26H39BrO5/c1-5-7-15(3)31-32-17-10-11-26(4)16(12-17)13-22(28)24-19-14-21(27)25(30-23(29)6-2)18(19)8-9-20(24)26/h13,17-22,24-25,28H,3,5-12,14H2,1-2,4H3/t17-,18-,19?,20?,21+,22-,24?,25+,26-/m0/s1. The minimum atomic E-state index is -0.453. The summed E-state index contributed by atoms with van der Waals surface area (Å²) in [7, 11) is 0. The Morgan fingerprint density at radius 3 is 2.78 bits per heavy atom.